The molecule has 0 aliphatic heterocycles. The lowest BCUT2D eigenvalue weighted by Crippen LogP contribution is -2.31. The molecule has 0 saturated heterocycles. The van der Waals surface area contributed by atoms with Gasteiger partial charge in [-0.3, -0.25) is 4.79 Å². The molecule has 0 saturated carbocycles. The molecule has 2 N–H and O–H groups in total. The second-order valence-corrected chi connectivity index (χ2v) is 5.62. The molecule has 0 unspecified atom stereocenters. The second-order valence-electron chi connectivity index (χ2n) is 4.38. The summed E-state index contributed by atoms with van der Waals surface area (Å²) < 4.78 is 0. The van der Waals surface area contributed by atoms with Gasteiger partial charge in [-0.1, -0.05) is 13.8 Å². The van der Waals surface area contributed by atoms with Gasteiger partial charge in [0.1, 0.15) is 0 Å². The highest BCUT2D eigenvalue weighted by Gasteiger charge is 2.04. The average molecular weight is 284 g/mol. The Balaban J connectivity index is 2.07. The van der Waals surface area contributed by atoms with E-state index in [1.165, 1.54) is 11.3 Å². The van der Waals surface area contributed by atoms with Crippen LogP contribution in [0.15, 0.2) is 6.20 Å². The van der Waals surface area contributed by atoms with Gasteiger partial charge in [0, 0.05) is 11.1 Å². The zero-order valence-electron chi connectivity index (χ0n) is 12.0. The lowest BCUT2D eigenvalue weighted by atomic mass is 10.3. The van der Waals surface area contributed by atoms with Crippen molar-refractivity contribution in [2.45, 2.75) is 27.2 Å². The Morgan fingerprint density at radius 2 is 2.16 bits per heavy atom. The van der Waals surface area contributed by atoms with E-state index < -0.39 is 0 Å². The lowest BCUT2D eigenvalue weighted by Gasteiger charge is -2.17. The zero-order chi connectivity index (χ0) is 14.1. The normalized spacial score (nSPS) is 10.9. The Hall–Kier alpha value is -0.980. The van der Waals surface area contributed by atoms with Crippen molar-refractivity contribution in [3.63, 3.8) is 0 Å². The minimum Gasteiger partial charge on any atom is -0.308 e. The van der Waals surface area contributed by atoms with Crippen molar-refractivity contribution >= 4 is 22.4 Å². The minimum absolute atomic E-state index is 0.0304. The number of amides is 1. The third kappa shape index (κ3) is 6.66. The van der Waals surface area contributed by atoms with E-state index in [0.29, 0.717) is 11.7 Å². The fourth-order valence-electron chi connectivity index (χ4n) is 1.75. The molecule has 1 amide bonds. The topological polar surface area (TPSA) is 57.3 Å². The van der Waals surface area contributed by atoms with Crippen molar-refractivity contribution in [1.29, 1.82) is 0 Å². The summed E-state index contributed by atoms with van der Waals surface area (Å²) in [5.41, 5.74) is 0. The van der Waals surface area contributed by atoms with Gasteiger partial charge >= 0.3 is 0 Å². The quantitative estimate of drug-likeness (QED) is 0.678. The van der Waals surface area contributed by atoms with Gasteiger partial charge in [0.15, 0.2) is 5.13 Å². The molecule has 19 heavy (non-hydrogen) atoms. The van der Waals surface area contributed by atoms with Gasteiger partial charge in [-0.25, -0.2) is 4.98 Å². The van der Waals surface area contributed by atoms with E-state index in [-0.39, 0.29) is 5.91 Å². The molecule has 1 aromatic heterocycles. The molecular formula is C13H24N4OS. The van der Waals surface area contributed by atoms with Crippen LogP contribution >= 0.6 is 11.3 Å². The van der Waals surface area contributed by atoms with Crippen LogP contribution in [0.25, 0.3) is 0 Å². The average Bonchev–Trinajstić information content (AvgIpc) is 2.79. The molecular weight excluding hydrogens is 260 g/mol. The zero-order valence-corrected chi connectivity index (χ0v) is 12.8. The summed E-state index contributed by atoms with van der Waals surface area (Å²) >= 11 is 1.49. The van der Waals surface area contributed by atoms with Gasteiger partial charge < -0.3 is 15.5 Å². The maximum atomic E-state index is 11.6. The molecule has 108 valence electrons. The maximum absolute atomic E-state index is 11.6. The van der Waals surface area contributed by atoms with E-state index in [4.69, 9.17) is 0 Å². The number of carbonyl (C=O) groups excluding carboxylic acids is 1. The molecule has 1 aromatic rings. The number of aryl methyl sites for hydroxylation is 1. The highest BCUT2D eigenvalue weighted by Crippen LogP contribution is 2.15. The van der Waals surface area contributed by atoms with Gasteiger partial charge in [-0.05, 0) is 39.5 Å². The highest BCUT2D eigenvalue weighted by molar-refractivity contribution is 7.15. The number of carbonyl (C=O) groups is 1. The number of aromatic nitrogens is 1. The largest absolute Gasteiger partial charge is 0.308 e. The Kier molecular flexibility index (Phi) is 7.62. The standard InChI is InChI=1S/C13H24N4OS/c1-4-17(5-2)8-6-7-14-10-12(18)16-13-15-9-11(3)19-13/h9,14H,4-8,10H2,1-3H3,(H,15,16,18). The molecule has 5 nitrogen and oxygen atoms in total. The van der Waals surface area contributed by atoms with Crippen LogP contribution in [0, 0.1) is 6.92 Å². The Labute approximate surface area is 119 Å². The summed E-state index contributed by atoms with van der Waals surface area (Å²) in [6.45, 7) is 10.8. The van der Waals surface area contributed by atoms with E-state index in [9.17, 15) is 4.79 Å². The molecule has 1 heterocycles. The van der Waals surface area contributed by atoms with Crippen molar-refractivity contribution in [3.05, 3.63) is 11.1 Å². The summed E-state index contributed by atoms with van der Waals surface area (Å²) in [7, 11) is 0. The third-order valence-corrected chi connectivity index (χ3v) is 3.70. The van der Waals surface area contributed by atoms with E-state index in [1.54, 1.807) is 6.20 Å². The first kappa shape index (κ1) is 16.1. The number of nitrogens with zero attached hydrogens (tertiary/aromatic N) is 2. The molecule has 0 fully saturated rings. The van der Waals surface area contributed by atoms with Gasteiger partial charge in [0.2, 0.25) is 5.91 Å². The third-order valence-electron chi connectivity index (χ3n) is 2.88. The van der Waals surface area contributed by atoms with Gasteiger partial charge in [0.05, 0.1) is 6.54 Å². The van der Waals surface area contributed by atoms with Crippen molar-refractivity contribution in [1.82, 2.24) is 15.2 Å². The number of thiazole rings is 1. The number of hydrogen-bond donors (Lipinski definition) is 2. The molecule has 0 bridgehead atoms. The van der Waals surface area contributed by atoms with Crippen molar-refractivity contribution < 1.29 is 4.79 Å². The summed E-state index contributed by atoms with van der Waals surface area (Å²) in [4.78, 5) is 19.2. The SMILES string of the molecule is CCN(CC)CCCNCC(=O)Nc1ncc(C)s1. The number of rotatable bonds is 9. The summed E-state index contributed by atoms with van der Waals surface area (Å²) in [5.74, 6) is -0.0304. The lowest BCUT2D eigenvalue weighted by molar-refractivity contribution is -0.115. The molecule has 0 radical (unpaired) electrons. The predicted octanol–water partition coefficient (Wildman–Crippen LogP) is 1.71. The first-order valence-electron chi connectivity index (χ1n) is 6.81. The highest BCUT2D eigenvalue weighted by atomic mass is 32.1. The van der Waals surface area contributed by atoms with Crippen LogP contribution in [0.2, 0.25) is 0 Å². The summed E-state index contributed by atoms with van der Waals surface area (Å²) in [6.07, 6.45) is 2.82. The monoisotopic (exact) mass is 284 g/mol. The molecule has 0 aliphatic rings. The van der Waals surface area contributed by atoms with E-state index in [1.807, 2.05) is 6.92 Å². The summed E-state index contributed by atoms with van der Waals surface area (Å²) in [5, 5.41) is 6.61. The van der Waals surface area contributed by atoms with Crippen LogP contribution in [-0.4, -0.2) is 48.5 Å². The van der Waals surface area contributed by atoms with E-state index >= 15 is 0 Å². The van der Waals surface area contributed by atoms with Crippen LogP contribution in [0.4, 0.5) is 5.13 Å². The van der Waals surface area contributed by atoms with Gasteiger partial charge in [-0.2, -0.15) is 0 Å². The Bertz CT molecular complexity index is 376. The minimum atomic E-state index is -0.0304. The van der Waals surface area contributed by atoms with Crippen molar-refractivity contribution in [2.75, 3.05) is 38.0 Å². The number of hydrogen-bond acceptors (Lipinski definition) is 5. The van der Waals surface area contributed by atoms with Crippen molar-refractivity contribution in [2.24, 2.45) is 0 Å². The first-order chi connectivity index (χ1) is 9.15. The van der Waals surface area contributed by atoms with Crippen LogP contribution in [0.3, 0.4) is 0 Å². The number of nitrogens with one attached hydrogen (secondary N) is 2. The summed E-state index contributed by atoms with van der Waals surface area (Å²) in [6, 6.07) is 0. The second kappa shape index (κ2) is 9.01. The van der Waals surface area contributed by atoms with Gasteiger partial charge in [0.25, 0.3) is 0 Å². The Morgan fingerprint density at radius 3 is 2.74 bits per heavy atom. The maximum Gasteiger partial charge on any atom is 0.240 e. The van der Waals surface area contributed by atoms with Crippen LogP contribution in [0.1, 0.15) is 25.1 Å². The van der Waals surface area contributed by atoms with Gasteiger partial charge in [-0.15, -0.1) is 11.3 Å². The van der Waals surface area contributed by atoms with Crippen LogP contribution in [-0.2, 0) is 4.79 Å². The number of anilines is 1. The van der Waals surface area contributed by atoms with Crippen LogP contribution in [0.5, 0.6) is 0 Å². The van der Waals surface area contributed by atoms with E-state index in [0.717, 1.165) is 37.5 Å². The molecule has 1 rings (SSSR count). The fraction of sp³-hybridized carbons (Fsp3) is 0.692. The molecule has 6 heteroatoms. The van der Waals surface area contributed by atoms with Crippen molar-refractivity contribution in [3.8, 4) is 0 Å². The molecule has 0 atom stereocenters. The smallest absolute Gasteiger partial charge is 0.240 e. The van der Waals surface area contributed by atoms with Crippen LogP contribution < -0.4 is 10.6 Å². The fourth-order valence-corrected chi connectivity index (χ4v) is 2.43. The molecule has 0 aromatic carbocycles. The predicted molar refractivity (Wildman–Crippen MR) is 80.8 cm³/mol. The Morgan fingerprint density at radius 1 is 1.42 bits per heavy atom. The molecule has 0 aliphatic carbocycles. The first-order valence-corrected chi connectivity index (χ1v) is 7.62. The molecule has 0 spiro atoms. The van der Waals surface area contributed by atoms with E-state index in [2.05, 4.69) is 34.4 Å².